The van der Waals surface area contributed by atoms with E-state index in [1.165, 1.54) is 6.20 Å². The number of ether oxygens (including phenoxy) is 2. The summed E-state index contributed by atoms with van der Waals surface area (Å²) >= 11 is 0. The van der Waals surface area contributed by atoms with Gasteiger partial charge in [-0.15, -0.1) is 0 Å². The third-order valence-corrected chi connectivity index (χ3v) is 4.59. The topological polar surface area (TPSA) is 98.8 Å². The normalized spacial score (nSPS) is 20.3. The number of pyridine rings is 1. The minimum atomic E-state index is -0.539. The van der Waals surface area contributed by atoms with Crippen molar-refractivity contribution in [1.82, 2.24) is 19.4 Å². The third-order valence-electron chi connectivity index (χ3n) is 4.59. The molecule has 1 fully saturated rings. The highest BCUT2D eigenvalue weighted by Crippen LogP contribution is 2.24. The second-order valence-corrected chi connectivity index (χ2v) is 6.49. The molecule has 0 bridgehead atoms. The lowest BCUT2D eigenvalue weighted by atomic mass is 10.3. The number of anilines is 1. The summed E-state index contributed by atoms with van der Waals surface area (Å²) < 4.78 is 12.9. The highest BCUT2D eigenvalue weighted by atomic mass is 16.6. The molecule has 2 aliphatic heterocycles. The summed E-state index contributed by atoms with van der Waals surface area (Å²) in [6.07, 6.45) is 2.89. The molecule has 10 nitrogen and oxygen atoms in total. The first-order chi connectivity index (χ1) is 12.6. The van der Waals surface area contributed by atoms with Crippen molar-refractivity contribution < 1.29 is 14.4 Å². The fourth-order valence-electron chi connectivity index (χ4n) is 3.10. The highest BCUT2D eigenvalue weighted by Gasteiger charge is 2.29. The van der Waals surface area contributed by atoms with Crippen LogP contribution >= 0.6 is 0 Å². The maximum absolute atomic E-state index is 10.8. The Kier molecular flexibility index (Phi) is 4.33. The van der Waals surface area contributed by atoms with Crippen molar-refractivity contribution >= 4 is 11.5 Å². The van der Waals surface area contributed by atoms with Gasteiger partial charge in [0.05, 0.1) is 18.4 Å². The van der Waals surface area contributed by atoms with Crippen LogP contribution in [-0.2, 0) is 6.54 Å². The molecule has 0 radical (unpaired) electrons. The monoisotopic (exact) mass is 360 g/mol. The maximum atomic E-state index is 10.8. The lowest BCUT2D eigenvalue weighted by Gasteiger charge is -2.33. The Morgan fingerprint density at radius 3 is 2.81 bits per heavy atom. The lowest BCUT2D eigenvalue weighted by molar-refractivity contribution is -0.389. The SMILES string of the molecule is CN1CCN(c2ccc(O[C@@H]3COc4nc([N+](=O)[O-])cn4C3)nc2)CC1. The Labute approximate surface area is 150 Å². The van der Waals surface area contributed by atoms with Crippen LogP contribution in [0.15, 0.2) is 24.5 Å². The van der Waals surface area contributed by atoms with Crippen LogP contribution in [0.3, 0.4) is 0 Å². The average Bonchev–Trinajstić information content (AvgIpc) is 3.07. The van der Waals surface area contributed by atoms with Crippen LogP contribution in [0.2, 0.25) is 0 Å². The van der Waals surface area contributed by atoms with E-state index in [1.807, 2.05) is 18.3 Å². The van der Waals surface area contributed by atoms with Crippen molar-refractivity contribution in [2.75, 3.05) is 44.7 Å². The number of hydrogen-bond acceptors (Lipinski definition) is 8. The Bertz CT molecular complexity index is 785. The molecule has 2 aromatic heterocycles. The zero-order chi connectivity index (χ0) is 18.1. The number of nitro groups is 1. The van der Waals surface area contributed by atoms with Gasteiger partial charge in [0.25, 0.3) is 0 Å². The molecule has 1 atom stereocenters. The molecule has 0 unspecified atom stereocenters. The highest BCUT2D eigenvalue weighted by molar-refractivity contribution is 5.45. The molecular formula is C16H20N6O4. The van der Waals surface area contributed by atoms with Crippen LogP contribution in [-0.4, -0.2) is 70.3 Å². The minimum Gasteiger partial charge on any atom is -0.469 e. The molecule has 2 aliphatic rings. The fraction of sp³-hybridized carbons (Fsp3) is 0.500. The van der Waals surface area contributed by atoms with Gasteiger partial charge < -0.3 is 29.4 Å². The van der Waals surface area contributed by atoms with E-state index >= 15 is 0 Å². The van der Waals surface area contributed by atoms with Gasteiger partial charge in [0.15, 0.2) is 6.10 Å². The van der Waals surface area contributed by atoms with Gasteiger partial charge in [0.2, 0.25) is 5.88 Å². The van der Waals surface area contributed by atoms with Crippen molar-refractivity contribution in [3.63, 3.8) is 0 Å². The molecule has 4 heterocycles. The molecule has 0 saturated carbocycles. The first-order valence-electron chi connectivity index (χ1n) is 8.49. The standard InChI is InChI=1S/C16H20N6O4/c1-19-4-6-20(7-5-19)12-2-3-15(17-8-12)26-13-9-21-10-14(22(23)24)18-16(21)25-11-13/h2-3,8,10,13H,4-7,9,11H2,1H3/t13-/m0/s1. The summed E-state index contributed by atoms with van der Waals surface area (Å²) in [6, 6.07) is 4.10. The summed E-state index contributed by atoms with van der Waals surface area (Å²) in [6.45, 7) is 4.75. The van der Waals surface area contributed by atoms with E-state index < -0.39 is 4.92 Å². The molecule has 10 heteroatoms. The number of rotatable bonds is 4. The largest absolute Gasteiger partial charge is 0.469 e. The Hall–Kier alpha value is -2.88. The predicted molar refractivity (Wildman–Crippen MR) is 92.7 cm³/mol. The molecule has 2 aromatic rings. The van der Waals surface area contributed by atoms with Crippen molar-refractivity contribution in [3.8, 4) is 11.9 Å². The van der Waals surface area contributed by atoms with Crippen LogP contribution < -0.4 is 14.4 Å². The molecule has 0 amide bonds. The molecule has 0 spiro atoms. The molecule has 138 valence electrons. The van der Waals surface area contributed by atoms with Gasteiger partial charge in [-0.1, -0.05) is 0 Å². The first kappa shape index (κ1) is 16.6. The van der Waals surface area contributed by atoms with Gasteiger partial charge in [0.1, 0.15) is 12.8 Å². The van der Waals surface area contributed by atoms with Crippen molar-refractivity contribution in [2.24, 2.45) is 0 Å². The van der Waals surface area contributed by atoms with Crippen LogP contribution in [0.5, 0.6) is 11.9 Å². The maximum Gasteiger partial charge on any atom is 0.414 e. The molecule has 0 aromatic carbocycles. The summed E-state index contributed by atoms with van der Waals surface area (Å²) in [5, 5.41) is 10.8. The summed E-state index contributed by atoms with van der Waals surface area (Å²) in [5.74, 6) is 0.282. The molecule has 4 rings (SSSR count). The molecule has 26 heavy (non-hydrogen) atoms. The second-order valence-electron chi connectivity index (χ2n) is 6.49. The van der Waals surface area contributed by atoms with Gasteiger partial charge >= 0.3 is 11.8 Å². The number of hydrogen-bond donors (Lipinski definition) is 0. The van der Waals surface area contributed by atoms with E-state index in [4.69, 9.17) is 9.47 Å². The second kappa shape index (κ2) is 6.79. The number of fused-ring (bicyclic) bond motifs is 1. The Morgan fingerprint density at radius 1 is 1.31 bits per heavy atom. The van der Waals surface area contributed by atoms with Crippen LogP contribution in [0, 0.1) is 10.1 Å². The minimum absolute atomic E-state index is 0.227. The zero-order valence-electron chi connectivity index (χ0n) is 14.4. The molecule has 0 N–H and O–H groups in total. The van der Waals surface area contributed by atoms with Gasteiger partial charge in [-0.25, -0.2) is 4.98 Å². The van der Waals surface area contributed by atoms with Crippen LogP contribution in [0.1, 0.15) is 0 Å². The number of likely N-dealkylation sites (N-methyl/N-ethyl adjacent to an activating group) is 1. The van der Waals surface area contributed by atoms with E-state index in [0.717, 1.165) is 31.9 Å². The van der Waals surface area contributed by atoms with Gasteiger partial charge in [-0.2, -0.15) is 0 Å². The molecule has 1 saturated heterocycles. The lowest BCUT2D eigenvalue weighted by Crippen LogP contribution is -2.44. The zero-order valence-corrected chi connectivity index (χ0v) is 14.4. The van der Waals surface area contributed by atoms with Crippen LogP contribution in [0.25, 0.3) is 0 Å². The summed E-state index contributed by atoms with van der Waals surface area (Å²) in [4.78, 5) is 23.1. The average molecular weight is 360 g/mol. The number of imidazole rings is 1. The van der Waals surface area contributed by atoms with Gasteiger partial charge in [-0.05, 0) is 18.0 Å². The first-order valence-corrected chi connectivity index (χ1v) is 8.49. The van der Waals surface area contributed by atoms with E-state index in [-0.39, 0.29) is 24.5 Å². The fourth-order valence-corrected chi connectivity index (χ4v) is 3.10. The molecule has 0 aliphatic carbocycles. The van der Waals surface area contributed by atoms with Crippen LogP contribution in [0.4, 0.5) is 11.5 Å². The van der Waals surface area contributed by atoms with E-state index in [2.05, 4.69) is 26.8 Å². The predicted octanol–water partition coefficient (Wildman–Crippen LogP) is 0.778. The van der Waals surface area contributed by atoms with E-state index in [1.54, 1.807) is 4.57 Å². The number of nitrogens with zero attached hydrogens (tertiary/aromatic N) is 6. The van der Waals surface area contributed by atoms with Crippen molar-refractivity contribution in [1.29, 1.82) is 0 Å². The van der Waals surface area contributed by atoms with Crippen molar-refractivity contribution in [2.45, 2.75) is 12.6 Å². The van der Waals surface area contributed by atoms with E-state index in [9.17, 15) is 10.1 Å². The Balaban J connectivity index is 1.38. The third kappa shape index (κ3) is 3.40. The van der Waals surface area contributed by atoms with E-state index in [0.29, 0.717) is 12.4 Å². The number of aromatic nitrogens is 3. The Morgan fingerprint density at radius 2 is 2.12 bits per heavy atom. The molecular weight excluding hydrogens is 340 g/mol. The summed E-state index contributed by atoms with van der Waals surface area (Å²) in [5.41, 5.74) is 1.08. The van der Waals surface area contributed by atoms with Gasteiger partial charge in [0, 0.05) is 37.2 Å². The van der Waals surface area contributed by atoms with Gasteiger partial charge in [-0.3, -0.25) is 4.57 Å². The number of piperazine rings is 1. The summed E-state index contributed by atoms with van der Waals surface area (Å²) in [7, 11) is 2.12. The smallest absolute Gasteiger partial charge is 0.414 e. The van der Waals surface area contributed by atoms with Crippen molar-refractivity contribution in [3.05, 3.63) is 34.6 Å². The quantitative estimate of drug-likeness (QED) is 0.583.